The van der Waals surface area contributed by atoms with Crippen LogP contribution in [0.5, 0.6) is 0 Å². The Morgan fingerprint density at radius 2 is 1.79 bits per heavy atom. The van der Waals surface area contributed by atoms with Crippen LogP contribution in [-0.2, 0) is 12.8 Å². The summed E-state index contributed by atoms with van der Waals surface area (Å²) < 4.78 is 0. The van der Waals surface area contributed by atoms with Gasteiger partial charge in [-0.15, -0.1) is 0 Å². The quantitative estimate of drug-likeness (QED) is 0.806. The van der Waals surface area contributed by atoms with Crippen LogP contribution in [0.25, 0.3) is 11.1 Å². The molecule has 0 aromatic carbocycles. The average Bonchev–Trinajstić information content (AvgIpc) is 2.87. The van der Waals surface area contributed by atoms with E-state index in [0.717, 1.165) is 61.4 Å². The van der Waals surface area contributed by atoms with E-state index in [1.807, 2.05) is 0 Å². The molecule has 0 N–H and O–H groups in total. The van der Waals surface area contributed by atoms with Gasteiger partial charge in [0.25, 0.3) is 0 Å². The lowest BCUT2D eigenvalue weighted by molar-refractivity contribution is 0.708. The third-order valence-corrected chi connectivity index (χ3v) is 4.73. The normalized spacial score (nSPS) is 13.7. The molecule has 2 aromatic heterocycles. The van der Waals surface area contributed by atoms with Crippen LogP contribution < -0.4 is 4.90 Å². The van der Waals surface area contributed by atoms with E-state index in [4.69, 9.17) is 4.98 Å². The molecule has 5 heteroatoms. The van der Waals surface area contributed by atoms with Gasteiger partial charge < -0.3 is 4.90 Å². The number of hydrogen-bond donors (Lipinski definition) is 0. The molecular weight excluding hydrogens is 298 g/mol. The highest BCUT2D eigenvalue weighted by Crippen LogP contribution is 2.36. The Hall–Kier alpha value is -2.48. The number of pyridine rings is 1. The Labute approximate surface area is 143 Å². The predicted octanol–water partition coefficient (Wildman–Crippen LogP) is 3.53. The first-order valence-corrected chi connectivity index (χ1v) is 8.76. The number of aromatic nitrogens is 3. The molecule has 0 bridgehead atoms. The number of nitriles is 1. The highest BCUT2D eigenvalue weighted by Gasteiger charge is 2.24. The minimum Gasteiger partial charge on any atom is -0.356 e. The van der Waals surface area contributed by atoms with E-state index < -0.39 is 0 Å². The Kier molecular flexibility index (Phi) is 5.05. The molecule has 5 nitrogen and oxygen atoms in total. The van der Waals surface area contributed by atoms with Gasteiger partial charge in [0.15, 0.2) is 0 Å². The first kappa shape index (κ1) is 16.4. The Balaban J connectivity index is 2.31. The molecule has 2 aromatic rings. The molecule has 0 amide bonds. The molecule has 1 aliphatic rings. The fraction of sp³-hybridized carbons (Fsp3) is 0.474. The van der Waals surface area contributed by atoms with E-state index in [2.05, 4.69) is 34.8 Å². The topological polar surface area (TPSA) is 65.7 Å². The van der Waals surface area contributed by atoms with Crippen LogP contribution in [-0.4, -0.2) is 28.0 Å². The number of anilines is 1. The average molecular weight is 321 g/mol. The summed E-state index contributed by atoms with van der Waals surface area (Å²) in [6.45, 7) is 5.87. The van der Waals surface area contributed by atoms with Gasteiger partial charge in [0.2, 0.25) is 0 Å². The summed E-state index contributed by atoms with van der Waals surface area (Å²) in [6, 6.07) is 2.42. The molecule has 0 spiro atoms. The maximum absolute atomic E-state index is 9.91. The number of fused-ring (bicyclic) bond motifs is 1. The van der Waals surface area contributed by atoms with Gasteiger partial charge >= 0.3 is 0 Å². The Bertz CT molecular complexity index is 745. The van der Waals surface area contributed by atoms with Crippen molar-refractivity contribution in [3.8, 4) is 17.2 Å². The van der Waals surface area contributed by atoms with Crippen molar-refractivity contribution in [1.29, 1.82) is 5.26 Å². The molecule has 24 heavy (non-hydrogen) atoms. The van der Waals surface area contributed by atoms with Crippen molar-refractivity contribution in [2.75, 3.05) is 18.0 Å². The largest absolute Gasteiger partial charge is 0.356 e. The van der Waals surface area contributed by atoms with Gasteiger partial charge in [-0.3, -0.25) is 0 Å². The zero-order valence-electron chi connectivity index (χ0n) is 14.4. The van der Waals surface area contributed by atoms with Crippen molar-refractivity contribution in [2.45, 2.75) is 46.0 Å². The van der Waals surface area contributed by atoms with E-state index in [-0.39, 0.29) is 0 Å². The number of hydrogen-bond acceptors (Lipinski definition) is 5. The summed E-state index contributed by atoms with van der Waals surface area (Å²) in [4.78, 5) is 15.4. The van der Waals surface area contributed by atoms with Crippen molar-refractivity contribution >= 4 is 5.82 Å². The lowest BCUT2D eigenvalue weighted by atomic mass is 9.93. The van der Waals surface area contributed by atoms with E-state index in [1.54, 1.807) is 12.4 Å². The van der Waals surface area contributed by atoms with Crippen molar-refractivity contribution in [3.63, 3.8) is 0 Å². The van der Waals surface area contributed by atoms with E-state index >= 15 is 0 Å². The van der Waals surface area contributed by atoms with Crippen molar-refractivity contribution < 1.29 is 0 Å². The highest BCUT2D eigenvalue weighted by molar-refractivity contribution is 5.79. The summed E-state index contributed by atoms with van der Waals surface area (Å²) in [7, 11) is 0. The second kappa shape index (κ2) is 7.39. The van der Waals surface area contributed by atoms with E-state index in [1.165, 1.54) is 18.3 Å². The Morgan fingerprint density at radius 3 is 2.46 bits per heavy atom. The maximum Gasteiger partial charge on any atom is 0.147 e. The second-order valence-electron chi connectivity index (χ2n) is 6.08. The van der Waals surface area contributed by atoms with Crippen LogP contribution in [0.4, 0.5) is 5.82 Å². The van der Waals surface area contributed by atoms with Crippen molar-refractivity contribution in [1.82, 2.24) is 15.0 Å². The van der Waals surface area contributed by atoms with Crippen LogP contribution in [0.15, 0.2) is 18.7 Å². The van der Waals surface area contributed by atoms with Crippen LogP contribution >= 0.6 is 0 Å². The number of rotatable bonds is 4. The molecule has 0 aliphatic heterocycles. The molecule has 0 saturated heterocycles. The van der Waals surface area contributed by atoms with Crippen LogP contribution in [0, 0.1) is 11.3 Å². The fourth-order valence-corrected chi connectivity index (χ4v) is 3.51. The minimum absolute atomic E-state index is 0.661. The van der Waals surface area contributed by atoms with Crippen molar-refractivity contribution in [3.05, 3.63) is 35.5 Å². The Morgan fingerprint density at radius 1 is 1.08 bits per heavy atom. The molecule has 0 atom stereocenters. The van der Waals surface area contributed by atoms with E-state index in [9.17, 15) is 5.26 Å². The van der Waals surface area contributed by atoms with Gasteiger partial charge in [-0.2, -0.15) is 5.26 Å². The third kappa shape index (κ3) is 2.96. The third-order valence-electron chi connectivity index (χ3n) is 4.73. The second-order valence-corrected chi connectivity index (χ2v) is 6.08. The van der Waals surface area contributed by atoms with Crippen LogP contribution in [0.3, 0.4) is 0 Å². The van der Waals surface area contributed by atoms with Gasteiger partial charge in [0, 0.05) is 42.3 Å². The number of nitrogens with zero attached hydrogens (tertiary/aromatic N) is 5. The van der Waals surface area contributed by atoms with Gasteiger partial charge in [0.1, 0.15) is 23.8 Å². The lowest BCUT2D eigenvalue weighted by Crippen LogP contribution is -2.25. The minimum atomic E-state index is 0.661. The predicted molar refractivity (Wildman–Crippen MR) is 94.8 cm³/mol. The SMILES string of the molecule is CCN(CC)c1nc2c(c(-c3cncnc3)c1C#N)CCCCC2. The molecule has 0 fully saturated rings. The molecule has 0 saturated carbocycles. The van der Waals surface area contributed by atoms with Gasteiger partial charge in [0.05, 0.1) is 0 Å². The standard InChI is InChI=1S/C19H23N5/c1-3-24(4-2)19-16(10-20)18(14-11-21-13-22-12-14)15-8-6-5-7-9-17(15)23-19/h11-13H,3-9H2,1-2H3. The summed E-state index contributed by atoms with van der Waals surface area (Å²) in [6.07, 6.45) is 10.6. The zero-order chi connectivity index (χ0) is 16.9. The molecule has 0 unspecified atom stereocenters. The molecule has 0 radical (unpaired) electrons. The summed E-state index contributed by atoms with van der Waals surface area (Å²) in [5.41, 5.74) is 4.94. The summed E-state index contributed by atoms with van der Waals surface area (Å²) in [5, 5.41) is 9.91. The molecule has 124 valence electrons. The first-order valence-electron chi connectivity index (χ1n) is 8.76. The maximum atomic E-state index is 9.91. The first-order chi connectivity index (χ1) is 11.8. The van der Waals surface area contributed by atoms with Gasteiger partial charge in [-0.25, -0.2) is 15.0 Å². The fourth-order valence-electron chi connectivity index (χ4n) is 3.51. The monoisotopic (exact) mass is 321 g/mol. The molecular formula is C19H23N5. The van der Waals surface area contributed by atoms with Crippen LogP contribution in [0.1, 0.15) is 49.9 Å². The molecule has 3 rings (SSSR count). The summed E-state index contributed by atoms with van der Waals surface area (Å²) in [5.74, 6) is 0.807. The van der Waals surface area contributed by atoms with Crippen LogP contribution in [0.2, 0.25) is 0 Å². The molecule has 2 heterocycles. The molecule has 1 aliphatic carbocycles. The highest BCUT2D eigenvalue weighted by atomic mass is 15.2. The van der Waals surface area contributed by atoms with Crippen molar-refractivity contribution in [2.24, 2.45) is 0 Å². The smallest absolute Gasteiger partial charge is 0.147 e. The van der Waals surface area contributed by atoms with E-state index in [0.29, 0.717) is 5.56 Å². The van der Waals surface area contributed by atoms with Gasteiger partial charge in [-0.1, -0.05) is 6.42 Å². The zero-order valence-corrected chi connectivity index (χ0v) is 14.4. The summed E-state index contributed by atoms with van der Waals surface area (Å²) >= 11 is 0. The lowest BCUT2D eigenvalue weighted by Gasteiger charge is -2.25. The van der Waals surface area contributed by atoms with Gasteiger partial charge in [-0.05, 0) is 45.1 Å². The number of aryl methyl sites for hydroxylation is 1.